The number of primary amides is 1. The number of carbonyl (C=O) groups is 3. The Labute approximate surface area is 197 Å². The highest BCUT2D eigenvalue weighted by Crippen LogP contribution is 2.26. The highest BCUT2D eigenvalue weighted by atomic mass is 32.2. The summed E-state index contributed by atoms with van der Waals surface area (Å²) in [5.74, 6) is -1.13. The van der Waals surface area contributed by atoms with Crippen LogP contribution in [0.15, 0.2) is 45.9 Å². The molecular weight excluding hydrogens is 464 g/mol. The Morgan fingerprint density at radius 1 is 0.971 bits per heavy atom. The van der Waals surface area contributed by atoms with Crippen molar-refractivity contribution in [1.82, 2.24) is 14.1 Å². The zero-order chi connectivity index (χ0) is 24.3. The van der Waals surface area contributed by atoms with Crippen LogP contribution in [0.5, 0.6) is 5.75 Å². The molecule has 0 saturated carbocycles. The summed E-state index contributed by atoms with van der Waals surface area (Å²) in [5.41, 5.74) is 5.34. The van der Waals surface area contributed by atoms with Crippen molar-refractivity contribution in [3.63, 3.8) is 0 Å². The third kappa shape index (κ3) is 4.92. The number of amides is 3. The zero-order valence-electron chi connectivity index (χ0n) is 18.5. The van der Waals surface area contributed by atoms with Gasteiger partial charge in [-0.2, -0.15) is 4.31 Å². The van der Waals surface area contributed by atoms with Crippen LogP contribution in [-0.2, 0) is 14.8 Å². The quantitative estimate of drug-likeness (QED) is 0.596. The molecule has 4 rings (SSSR count). The van der Waals surface area contributed by atoms with E-state index < -0.39 is 15.9 Å². The molecule has 11 nitrogen and oxygen atoms in total. The van der Waals surface area contributed by atoms with Crippen LogP contribution < -0.4 is 10.5 Å². The van der Waals surface area contributed by atoms with E-state index in [9.17, 15) is 22.8 Å². The number of nitrogens with zero attached hydrogens (tertiary/aromatic N) is 3. The van der Waals surface area contributed by atoms with Crippen molar-refractivity contribution in [3.05, 3.63) is 47.9 Å². The normalized spacial score (nSPS) is 17.1. The van der Waals surface area contributed by atoms with Crippen molar-refractivity contribution in [1.29, 1.82) is 0 Å². The maximum absolute atomic E-state index is 12.8. The van der Waals surface area contributed by atoms with Gasteiger partial charge in [0, 0.05) is 39.3 Å². The Morgan fingerprint density at radius 2 is 1.65 bits per heavy atom. The van der Waals surface area contributed by atoms with Crippen LogP contribution in [0.2, 0.25) is 0 Å². The van der Waals surface area contributed by atoms with Gasteiger partial charge in [-0.1, -0.05) is 0 Å². The van der Waals surface area contributed by atoms with Crippen LogP contribution in [-0.4, -0.2) is 86.1 Å². The van der Waals surface area contributed by atoms with E-state index in [0.717, 1.165) is 12.8 Å². The van der Waals surface area contributed by atoms with Crippen LogP contribution >= 0.6 is 0 Å². The van der Waals surface area contributed by atoms with Crippen molar-refractivity contribution >= 4 is 27.7 Å². The molecule has 2 N–H and O–H groups in total. The highest BCUT2D eigenvalue weighted by Gasteiger charge is 2.29. The molecule has 0 atom stereocenters. The number of piperazine rings is 1. The summed E-state index contributed by atoms with van der Waals surface area (Å²) >= 11 is 0. The summed E-state index contributed by atoms with van der Waals surface area (Å²) in [7, 11) is -3.73. The first-order valence-electron chi connectivity index (χ1n) is 10.9. The molecule has 3 heterocycles. The second-order valence-corrected chi connectivity index (χ2v) is 10.0. The fourth-order valence-electron chi connectivity index (χ4n) is 4.01. The lowest BCUT2D eigenvalue weighted by molar-refractivity contribution is -0.134. The Bertz CT molecular complexity index is 1170. The van der Waals surface area contributed by atoms with E-state index in [4.69, 9.17) is 14.9 Å². The fourth-order valence-corrected chi connectivity index (χ4v) is 5.56. The molecule has 12 heteroatoms. The molecule has 0 radical (unpaired) electrons. The minimum Gasteiger partial charge on any atom is -0.483 e. The maximum atomic E-state index is 12.8. The molecule has 2 aliphatic rings. The molecule has 2 aromatic rings. The highest BCUT2D eigenvalue weighted by molar-refractivity contribution is 7.89. The standard InChI is InChI=1S/C22H26N4O7S/c23-21(28)17-14-16(34(30,31)26-7-1-2-8-26)5-6-18(17)33-15-20(27)24-9-11-25(12-10-24)22(29)19-4-3-13-32-19/h3-6,13-14H,1-2,7-12,15H2,(H2,23,28). The van der Waals surface area contributed by atoms with Gasteiger partial charge in [0.2, 0.25) is 10.0 Å². The van der Waals surface area contributed by atoms with Gasteiger partial charge in [0.1, 0.15) is 5.75 Å². The zero-order valence-corrected chi connectivity index (χ0v) is 19.3. The molecule has 2 aliphatic heterocycles. The van der Waals surface area contributed by atoms with Gasteiger partial charge in [-0.05, 0) is 43.2 Å². The van der Waals surface area contributed by atoms with Crippen LogP contribution in [0.3, 0.4) is 0 Å². The molecule has 0 spiro atoms. The molecule has 2 fully saturated rings. The SMILES string of the molecule is NC(=O)c1cc(S(=O)(=O)N2CCCC2)ccc1OCC(=O)N1CCN(C(=O)c2ccco2)CC1. The van der Waals surface area contributed by atoms with Gasteiger partial charge in [-0.15, -0.1) is 0 Å². The number of nitrogens with two attached hydrogens (primary N) is 1. The topological polar surface area (TPSA) is 143 Å². The fraction of sp³-hybridized carbons (Fsp3) is 0.409. The maximum Gasteiger partial charge on any atom is 0.289 e. The van der Waals surface area contributed by atoms with Crippen LogP contribution in [0, 0.1) is 0 Å². The molecular formula is C22H26N4O7S. The van der Waals surface area contributed by atoms with Crippen molar-refractivity contribution in [2.24, 2.45) is 5.73 Å². The first-order valence-corrected chi connectivity index (χ1v) is 12.4. The molecule has 1 aromatic carbocycles. The summed E-state index contributed by atoms with van der Waals surface area (Å²) in [4.78, 5) is 40.0. The molecule has 182 valence electrons. The molecule has 0 aliphatic carbocycles. The third-order valence-electron chi connectivity index (χ3n) is 5.92. The predicted molar refractivity (Wildman–Crippen MR) is 120 cm³/mol. The Balaban J connectivity index is 1.37. The monoisotopic (exact) mass is 490 g/mol. The van der Waals surface area contributed by atoms with Gasteiger partial charge in [0.25, 0.3) is 17.7 Å². The number of benzene rings is 1. The minimum atomic E-state index is -3.73. The predicted octanol–water partition coefficient (Wildman–Crippen LogP) is 0.526. The van der Waals surface area contributed by atoms with E-state index >= 15 is 0 Å². The van der Waals surface area contributed by atoms with Crippen molar-refractivity contribution in [2.45, 2.75) is 17.7 Å². The van der Waals surface area contributed by atoms with E-state index in [1.165, 1.54) is 28.8 Å². The van der Waals surface area contributed by atoms with E-state index in [2.05, 4.69) is 0 Å². The second-order valence-electron chi connectivity index (χ2n) is 8.07. The van der Waals surface area contributed by atoms with Crippen LogP contribution in [0.4, 0.5) is 0 Å². The summed E-state index contributed by atoms with van der Waals surface area (Å²) in [6.07, 6.45) is 3.01. The smallest absolute Gasteiger partial charge is 0.289 e. The largest absolute Gasteiger partial charge is 0.483 e. The van der Waals surface area contributed by atoms with Gasteiger partial charge in [0.15, 0.2) is 12.4 Å². The van der Waals surface area contributed by atoms with Gasteiger partial charge in [0.05, 0.1) is 16.7 Å². The molecule has 0 bridgehead atoms. The lowest BCUT2D eigenvalue weighted by Crippen LogP contribution is -2.51. The summed E-state index contributed by atoms with van der Waals surface area (Å²) in [5, 5.41) is 0. The second kappa shape index (κ2) is 9.85. The van der Waals surface area contributed by atoms with Crippen molar-refractivity contribution < 1.29 is 32.0 Å². The molecule has 2 saturated heterocycles. The average Bonchev–Trinajstić information content (AvgIpc) is 3.57. The van der Waals surface area contributed by atoms with E-state index in [1.54, 1.807) is 21.9 Å². The van der Waals surface area contributed by atoms with Gasteiger partial charge >= 0.3 is 0 Å². The van der Waals surface area contributed by atoms with Crippen molar-refractivity contribution in [2.75, 3.05) is 45.9 Å². The van der Waals surface area contributed by atoms with E-state index in [-0.39, 0.29) is 40.4 Å². The first kappa shape index (κ1) is 23.8. The van der Waals surface area contributed by atoms with Crippen LogP contribution in [0.1, 0.15) is 33.8 Å². The Morgan fingerprint density at radius 3 is 2.26 bits per heavy atom. The summed E-state index contributed by atoms with van der Waals surface area (Å²) in [6.45, 7) is 1.85. The lowest BCUT2D eigenvalue weighted by Gasteiger charge is -2.34. The number of hydrogen-bond acceptors (Lipinski definition) is 7. The van der Waals surface area contributed by atoms with Gasteiger partial charge in [-0.3, -0.25) is 14.4 Å². The lowest BCUT2D eigenvalue weighted by atomic mass is 10.2. The Hall–Kier alpha value is -3.38. The number of hydrogen-bond donors (Lipinski definition) is 1. The minimum absolute atomic E-state index is 0.0351. The number of sulfonamides is 1. The average molecular weight is 491 g/mol. The number of rotatable bonds is 7. The third-order valence-corrected chi connectivity index (χ3v) is 7.82. The summed E-state index contributed by atoms with van der Waals surface area (Å²) in [6, 6.07) is 7.11. The number of ether oxygens (including phenoxy) is 1. The number of furan rings is 1. The van der Waals surface area contributed by atoms with Gasteiger partial charge in [-0.25, -0.2) is 8.42 Å². The molecule has 1 aromatic heterocycles. The Kier molecular flexibility index (Phi) is 6.89. The summed E-state index contributed by atoms with van der Waals surface area (Å²) < 4.78 is 37.6. The molecule has 34 heavy (non-hydrogen) atoms. The van der Waals surface area contributed by atoms with Gasteiger partial charge < -0.3 is 24.7 Å². The van der Waals surface area contributed by atoms with E-state index in [1.807, 2.05) is 0 Å². The molecule has 3 amide bonds. The molecule has 0 unspecified atom stereocenters. The number of carbonyl (C=O) groups excluding carboxylic acids is 3. The van der Waals surface area contributed by atoms with Crippen molar-refractivity contribution in [3.8, 4) is 5.75 Å². The van der Waals surface area contributed by atoms with Crippen LogP contribution in [0.25, 0.3) is 0 Å². The van der Waals surface area contributed by atoms with E-state index in [0.29, 0.717) is 39.3 Å². The first-order chi connectivity index (χ1) is 16.3.